The van der Waals surface area contributed by atoms with Gasteiger partial charge >= 0.3 is 5.97 Å². The van der Waals surface area contributed by atoms with Crippen LogP contribution < -0.4 is 9.46 Å². The molecule has 1 N–H and O–H groups in total. The van der Waals surface area contributed by atoms with E-state index in [2.05, 4.69) is 4.72 Å². The molecule has 0 aliphatic rings. The van der Waals surface area contributed by atoms with E-state index in [1.54, 1.807) is 13.2 Å². The van der Waals surface area contributed by atoms with Gasteiger partial charge in [0.1, 0.15) is 35.4 Å². The number of esters is 1. The zero-order valence-electron chi connectivity index (χ0n) is 22.7. The van der Waals surface area contributed by atoms with Gasteiger partial charge in [0.2, 0.25) is 0 Å². The number of rotatable bonds is 11. The molecular weight excluding hydrogens is 517 g/mol. The molecule has 0 saturated heterocycles. The average Bonchev–Trinajstić information content (AvgIpc) is 3.39. The van der Waals surface area contributed by atoms with Gasteiger partial charge < -0.3 is 18.4 Å². The van der Waals surface area contributed by atoms with Gasteiger partial charge in [0, 0.05) is 27.9 Å². The fourth-order valence-electron chi connectivity index (χ4n) is 4.18. The second kappa shape index (κ2) is 12.7. The van der Waals surface area contributed by atoms with Crippen molar-refractivity contribution >= 4 is 28.3 Å². The van der Waals surface area contributed by atoms with Gasteiger partial charge in [0.15, 0.2) is 0 Å². The van der Waals surface area contributed by atoms with Gasteiger partial charge in [0.05, 0.1) is 19.3 Å². The largest absolute Gasteiger partial charge is 0.598 e. The van der Waals surface area contributed by atoms with E-state index >= 15 is 0 Å². The van der Waals surface area contributed by atoms with Gasteiger partial charge in [-0.15, -0.1) is 4.72 Å². The number of para-hydroxylation sites is 1. The third-order valence-corrected chi connectivity index (χ3v) is 7.79. The normalized spacial score (nSPS) is 13.3. The summed E-state index contributed by atoms with van der Waals surface area (Å²) in [6, 6.07) is 20.1. The summed E-state index contributed by atoms with van der Waals surface area (Å²) in [5, 5.41) is 0.908. The van der Waals surface area contributed by atoms with Crippen molar-refractivity contribution in [2.24, 2.45) is 0 Å². The number of hydrogen-bond donors (Lipinski definition) is 1. The fraction of sp³-hybridized carbons (Fsp3) is 0.323. The Morgan fingerprint density at radius 3 is 2.64 bits per heavy atom. The van der Waals surface area contributed by atoms with Gasteiger partial charge in [-0.05, 0) is 74.7 Å². The van der Waals surface area contributed by atoms with Gasteiger partial charge in [-0.2, -0.15) is 0 Å². The summed E-state index contributed by atoms with van der Waals surface area (Å²) < 4.78 is 46.1. The van der Waals surface area contributed by atoms with Crippen LogP contribution in [-0.4, -0.2) is 28.6 Å². The lowest BCUT2D eigenvalue weighted by Gasteiger charge is -2.27. The second-order valence-corrected chi connectivity index (χ2v) is 12.2. The molecule has 4 rings (SSSR count). The SMILES string of the molecule is CCOC(=O)Cc1ccccc1OCc1cc(-c2cccc([C@@H](CF)N[S+]([O-])C(C)(C)C)c2)c2occc2c1. The summed E-state index contributed by atoms with van der Waals surface area (Å²) in [5.74, 6) is 0.313. The quantitative estimate of drug-likeness (QED) is 0.162. The van der Waals surface area contributed by atoms with Crippen LogP contribution in [0.25, 0.3) is 22.1 Å². The maximum atomic E-state index is 14.0. The van der Waals surface area contributed by atoms with Crippen LogP contribution in [0, 0.1) is 0 Å². The molecule has 0 spiro atoms. The summed E-state index contributed by atoms with van der Waals surface area (Å²) >= 11 is -1.42. The number of alkyl halides is 1. The second-order valence-electron chi connectivity index (χ2n) is 10.2. The Kier molecular flexibility index (Phi) is 9.32. The maximum absolute atomic E-state index is 14.0. The zero-order valence-corrected chi connectivity index (χ0v) is 23.5. The molecule has 2 atom stereocenters. The number of halogens is 1. The average molecular weight is 552 g/mol. The lowest BCUT2D eigenvalue weighted by molar-refractivity contribution is -0.142. The molecule has 0 radical (unpaired) electrons. The molecule has 39 heavy (non-hydrogen) atoms. The molecule has 0 aliphatic carbocycles. The molecule has 1 heterocycles. The summed E-state index contributed by atoms with van der Waals surface area (Å²) in [6.45, 7) is 7.22. The number of nitrogens with one attached hydrogen (secondary N) is 1. The highest BCUT2D eigenvalue weighted by Gasteiger charge is 2.30. The molecular formula is C31H34FNO5S. The number of furan rings is 1. The first-order valence-electron chi connectivity index (χ1n) is 12.9. The van der Waals surface area contributed by atoms with Crippen LogP contribution in [0.2, 0.25) is 0 Å². The Morgan fingerprint density at radius 2 is 1.90 bits per heavy atom. The Balaban J connectivity index is 1.61. The van der Waals surface area contributed by atoms with Crippen molar-refractivity contribution < 1.29 is 27.6 Å². The van der Waals surface area contributed by atoms with Crippen molar-refractivity contribution in [3.05, 3.63) is 89.7 Å². The highest BCUT2D eigenvalue weighted by molar-refractivity contribution is 7.90. The van der Waals surface area contributed by atoms with E-state index in [1.165, 1.54) is 0 Å². The first-order valence-corrected chi connectivity index (χ1v) is 14.1. The smallest absolute Gasteiger partial charge is 0.310 e. The van der Waals surface area contributed by atoms with E-state index in [4.69, 9.17) is 13.9 Å². The van der Waals surface area contributed by atoms with Crippen molar-refractivity contribution in [3.8, 4) is 16.9 Å². The van der Waals surface area contributed by atoms with E-state index in [0.29, 0.717) is 23.5 Å². The molecule has 206 valence electrons. The van der Waals surface area contributed by atoms with Crippen molar-refractivity contribution in [3.63, 3.8) is 0 Å². The van der Waals surface area contributed by atoms with Crippen LogP contribution in [0.4, 0.5) is 4.39 Å². The first kappa shape index (κ1) is 28.7. The van der Waals surface area contributed by atoms with E-state index in [-0.39, 0.29) is 19.0 Å². The minimum Gasteiger partial charge on any atom is -0.598 e. The summed E-state index contributed by atoms with van der Waals surface area (Å²) in [5.41, 5.74) is 4.75. The van der Waals surface area contributed by atoms with E-state index in [0.717, 1.165) is 27.6 Å². The molecule has 0 bridgehead atoms. The highest BCUT2D eigenvalue weighted by atomic mass is 32.2. The van der Waals surface area contributed by atoms with E-state index < -0.39 is 28.8 Å². The third-order valence-electron chi connectivity index (χ3n) is 6.18. The Bertz CT molecular complexity index is 1410. The molecule has 1 aromatic heterocycles. The number of benzene rings is 3. The van der Waals surface area contributed by atoms with Gasteiger partial charge in [-0.25, -0.2) is 4.39 Å². The first-order chi connectivity index (χ1) is 18.7. The van der Waals surface area contributed by atoms with Gasteiger partial charge in [-0.1, -0.05) is 36.4 Å². The third kappa shape index (κ3) is 7.20. The minimum atomic E-state index is -1.42. The number of carbonyl (C=O) groups is 1. The lowest BCUT2D eigenvalue weighted by atomic mass is 9.97. The van der Waals surface area contributed by atoms with Crippen LogP contribution in [0.15, 0.2) is 77.4 Å². The summed E-state index contributed by atoms with van der Waals surface area (Å²) in [6.07, 6.45) is 1.77. The predicted molar refractivity (Wildman–Crippen MR) is 153 cm³/mol. The van der Waals surface area contributed by atoms with E-state index in [1.807, 2.05) is 87.5 Å². The van der Waals surface area contributed by atoms with Crippen LogP contribution in [0.5, 0.6) is 5.75 Å². The molecule has 4 aromatic rings. The van der Waals surface area contributed by atoms with Crippen LogP contribution >= 0.6 is 0 Å². The van der Waals surface area contributed by atoms with Crippen molar-refractivity contribution in [2.45, 2.75) is 51.5 Å². The van der Waals surface area contributed by atoms with Gasteiger partial charge in [0.25, 0.3) is 0 Å². The summed E-state index contributed by atoms with van der Waals surface area (Å²) in [4.78, 5) is 12.0. The molecule has 1 unspecified atom stereocenters. The Morgan fingerprint density at radius 1 is 1.10 bits per heavy atom. The summed E-state index contributed by atoms with van der Waals surface area (Å²) in [7, 11) is 0. The fourth-order valence-corrected chi connectivity index (χ4v) is 4.99. The topological polar surface area (TPSA) is 83.8 Å². The minimum absolute atomic E-state index is 0.132. The van der Waals surface area contributed by atoms with Gasteiger partial charge in [-0.3, -0.25) is 4.79 Å². The Labute approximate surface area is 231 Å². The van der Waals surface area contributed by atoms with Crippen LogP contribution in [0.1, 0.15) is 50.4 Å². The van der Waals surface area contributed by atoms with Crippen molar-refractivity contribution in [1.29, 1.82) is 0 Å². The van der Waals surface area contributed by atoms with Crippen molar-refractivity contribution in [1.82, 2.24) is 4.72 Å². The number of hydrogen-bond acceptors (Lipinski definition) is 6. The molecule has 0 aliphatic heterocycles. The molecule has 0 amide bonds. The zero-order chi connectivity index (χ0) is 28.0. The monoisotopic (exact) mass is 551 g/mol. The lowest BCUT2D eigenvalue weighted by Crippen LogP contribution is -2.41. The maximum Gasteiger partial charge on any atom is 0.310 e. The highest BCUT2D eigenvalue weighted by Crippen LogP contribution is 2.33. The number of fused-ring (bicyclic) bond motifs is 1. The van der Waals surface area contributed by atoms with Crippen molar-refractivity contribution in [2.75, 3.05) is 13.3 Å². The molecule has 6 nitrogen and oxygen atoms in total. The van der Waals surface area contributed by atoms with Crippen LogP contribution in [-0.2, 0) is 33.9 Å². The number of ether oxygens (including phenoxy) is 2. The molecule has 0 saturated carbocycles. The predicted octanol–water partition coefficient (Wildman–Crippen LogP) is 6.85. The van der Waals surface area contributed by atoms with Crippen LogP contribution in [0.3, 0.4) is 0 Å². The standard InChI is InChI=1S/C31H34FNO5S/c1-5-36-29(34)18-24-9-6-7-12-28(24)38-20-21-15-25-13-14-37-30(25)26(16-21)22-10-8-11-23(17-22)27(19-32)33-39(35)31(2,3)4/h6-17,27,33H,5,18-20H2,1-4H3/t27-,39?/m1/s1. The Hall–Kier alpha value is -3.33. The van der Waals surface area contributed by atoms with E-state index in [9.17, 15) is 13.7 Å². The molecule has 8 heteroatoms. The number of carbonyl (C=O) groups excluding carboxylic acids is 1. The molecule has 0 fully saturated rings. The molecule has 3 aromatic carbocycles.